The van der Waals surface area contributed by atoms with Crippen LogP contribution in [0.1, 0.15) is 65.7 Å². The maximum absolute atomic E-state index is 12.3. The zero-order valence-corrected chi connectivity index (χ0v) is 20.0. The summed E-state index contributed by atoms with van der Waals surface area (Å²) in [4.78, 5) is 4.62. The number of nitrogens with one attached hydrogen (secondary N) is 2. The standard InChI is InChI=1S/C18H37N3O3S.HI/c1-5-7-8-9-10-16(3)21-17(19-6-2)20-15-18(25(4,22)23)11-13-24-14-12-18;/h16H,5-15H2,1-4H3,(H2,19,20,21);1H. The van der Waals surface area contributed by atoms with Crippen molar-refractivity contribution in [1.29, 1.82) is 0 Å². The molecule has 0 aliphatic carbocycles. The van der Waals surface area contributed by atoms with Gasteiger partial charge in [0, 0.05) is 32.1 Å². The van der Waals surface area contributed by atoms with E-state index in [2.05, 4.69) is 29.5 Å². The van der Waals surface area contributed by atoms with Gasteiger partial charge in [0.2, 0.25) is 0 Å². The Morgan fingerprint density at radius 3 is 2.38 bits per heavy atom. The van der Waals surface area contributed by atoms with Gasteiger partial charge < -0.3 is 15.4 Å². The molecule has 8 heteroatoms. The molecule has 0 radical (unpaired) electrons. The lowest BCUT2D eigenvalue weighted by molar-refractivity contribution is 0.0768. The van der Waals surface area contributed by atoms with E-state index >= 15 is 0 Å². The summed E-state index contributed by atoms with van der Waals surface area (Å²) >= 11 is 0. The number of sulfone groups is 1. The second-order valence-corrected chi connectivity index (χ2v) is 9.57. The van der Waals surface area contributed by atoms with E-state index < -0.39 is 14.6 Å². The Bertz CT molecular complexity index is 506. The number of guanidine groups is 1. The van der Waals surface area contributed by atoms with Crippen LogP contribution in [0, 0.1) is 0 Å². The van der Waals surface area contributed by atoms with Gasteiger partial charge in [0.25, 0.3) is 0 Å². The number of ether oxygens (including phenoxy) is 1. The fraction of sp³-hybridized carbons (Fsp3) is 0.944. The van der Waals surface area contributed by atoms with Crippen molar-refractivity contribution in [2.75, 3.05) is 32.6 Å². The Hall–Kier alpha value is -0.0900. The van der Waals surface area contributed by atoms with Crippen LogP contribution in [0.25, 0.3) is 0 Å². The van der Waals surface area contributed by atoms with Crippen molar-refractivity contribution in [1.82, 2.24) is 10.6 Å². The van der Waals surface area contributed by atoms with Crippen molar-refractivity contribution >= 4 is 39.8 Å². The number of rotatable bonds is 10. The molecule has 0 aromatic heterocycles. The first kappa shape index (κ1) is 25.9. The summed E-state index contributed by atoms with van der Waals surface area (Å²) in [5.41, 5.74) is 0. The summed E-state index contributed by atoms with van der Waals surface area (Å²) < 4.78 is 29.2. The Labute approximate surface area is 177 Å². The number of hydrogen-bond acceptors (Lipinski definition) is 4. The van der Waals surface area contributed by atoms with E-state index in [0.717, 1.165) is 13.0 Å². The van der Waals surface area contributed by atoms with Crippen LogP contribution >= 0.6 is 24.0 Å². The van der Waals surface area contributed by atoms with Gasteiger partial charge in [-0.1, -0.05) is 32.6 Å². The average Bonchev–Trinajstić information content (AvgIpc) is 2.57. The monoisotopic (exact) mass is 503 g/mol. The summed E-state index contributed by atoms with van der Waals surface area (Å²) in [5, 5.41) is 6.65. The molecule has 0 spiro atoms. The minimum absolute atomic E-state index is 0. The minimum atomic E-state index is -3.19. The summed E-state index contributed by atoms with van der Waals surface area (Å²) in [6.45, 7) is 8.40. The van der Waals surface area contributed by atoms with Crippen LogP contribution in [0.4, 0.5) is 0 Å². The van der Waals surface area contributed by atoms with Crippen LogP contribution in [-0.4, -0.2) is 57.7 Å². The first-order valence-corrected chi connectivity index (χ1v) is 11.6. The molecule has 1 heterocycles. The largest absolute Gasteiger partial charge is 0.381 e. The molecule has 1 atom stereocenters. The Morgan fingerprint density at radius 1 is 1.19 bits per heavy atom. The molecule has 0 aromatic carbocycles. The Morgan fingerprint density at radius 2 is 1.85 bits per heavy atom. The Balaban J connectivity index is 0.00000625. The first-order chi connectivity index (χ1) is 11.8. The first-order valence-electron chi connectivity index (χ1n) is 9.67. The maximum atomic E-state index is 12.3. The third-order valence-corrected chi connectivity index (χ3v) is 7.04. The van der Waals surface area contributed by atoms with E-state index in [4.69, 9.17) is 4.74 Å². The molecule has 1 fully saturated rings. The molecule has 6 nitrogen and oxygen atoms in total. The fourth-order valence-electron chi connectivity index (χ4n) is 3.12. The van der Waals surface area contributed by atoms with Crippen molar-refractivity contribution in [2.24, 2.45) is 4.99 Å². The molecule has 2 N–H and O–H groups in total. The highest BCUT2D eigenvalue weighted by atomic mass is 127. The molecule has 0 aromatic rings. The van der Waals surface area contributed by atoms with Crippen molar-refractivity contribution in [3.05, 3.63) is 0 Å². The molecule has 1 rings (SSSR count). The Kier molecular flexibility index (Phi) is 13.1. The molecular weight excluding hydrogens is 465 g/mol. The van der Waals surface area contributed by atoms with E-state index in [1.54, 1.807) is 0 Å². The quantitative estimate of drug-likeness (QED) is 0.207. The van der Waals surface area contributed by atoms with Crippen LogP contribution in [0.3, 0.4) is 0 Å². The smallest absolute Gasteiger partial charge is 0.191 e. The van der Waals surface area contributed by atoms with Gasteiger partial charge in [-0.05, 0) is 33.1 Å². The second-order valence-electron chi connectivity index (χ2n) is 7.16. The van der Waals surface area contributed by atoms with Crippen LogP contribution in [-0.2, 0) is 14.6 Å². The van der Waals surface area contributed by atoms with E-state index in [1.165, 1.54) is 31.9 Å². The third kappa shape index (κ3) is 8.73. The highest BCUT2D eigenvalue weighted by Gasteiger charge is 2.42. The molecule has 0 saturated carbocycles. The number of unbranched alkanes of at least 4 members (excludes halogenated alkanes) is 3. The van der Waals surface area contributed by atoms with E-state index in [-0.39, 0.29) is 30.5 Å². The number of hydrogen-bond donors (Lipinski definition) is 2. The summed E-state index contributed by atoms with van der Waals surface area (Å²) in [7, 11) is -3.19. The molecule has 1 aliphatic heterocycles. The minimum Gasteiger partial charge on any atom is -0.381 e. The summed E-state index contributed by atoms with van der Waals surface area (Å²) in [5.74, 6) is 0.708. The van der Waals surface area contributed by atoms with Gasteiger partial charge >= 0.3 is 0 Å². The lowest BCUT2D eigenvalue weighted by atomic mass is 9.99. The van der Waals surface area contributed by atoms with Crippen LogP contribution in [0.5, 0.6) is 0 Å². The highest BCUT2D eigenvalue weighted by molar-refractivity contribution is 14.0. The van der Waals surface area contributed by atoms with Crippen LogP contribution in [0.15, 0.2) is 4.99 Å². The van der Waals surface area contributed by atoms with Gasteiger partial charge in [0.15, 0.2) is 15.8 Å². The molecule has 1 unspecified atom stereocenters. The molecule has 1 saturated heterocycles. The average molecular weight is 503 g/mol. The summed E-state index contributed by atoms with van der Waals surface area (Å²) in [6.07, 6.45) is 8.42. The maximum Gasteiger partial charge on any atom is 0.191 e. The van der Waals surface area contributed by atoms with Gasteiger partial charge in [-0.2, -0.15) is 0 Å². The molecule has 1 aliphatic rings. The zero-order chi connectivity index (χ0) is 18.8. The second kappa shape index (κ2) is 13.1. The predicted molar refractivity (Wildman–Crippen MR) is 120 cm³/mol. The molecule has 0 bridgehead atoms. The third-order valence-electron chi connectivity index (χ3n) is 4.93. The molecule has 0 amide bonds. The van der Waals surface area contributed by atoms with Gasteiger partial charge in [-0.3, -0.25) is 4.99 Å². The van der Waals surface area contributed by atoms with Crippen LogP contribution < -0.4 is 10.6 Å². The normalized spacial score (nSPS) is 18.7. The van der Waals surface area contributed by atoms with Gasteiger partial charge in [-0.15, -0.1) is 24.0 Å². The van der Waals surface area contributed by atoms with E-state index in [1.807, 2.05) is 6.92 Å². The topological polar surface area (TPSA) is 79.8 Å². The van der Waals surface area contributed by atoms with E-state index in [9.17, 15) is 8.42 Å². The predicted octanol–water partition coefficient (Wildman–Crippen LogP) is 3.11. The number of nitrogens with zero attached hydrogens (tertiary/aromatic N) is 1. The lowest BCUT2D eigenvalue weighted by Crippen LogP contribution is -2.48. The molecule has 26 heavy (non-hydrogen) atoms. The van der Waals surface area contributed by atoms with Crippen molar-refractivity contribution < 1.29 is 13.2 Å². The summed E-state index contributed by atoms with van der Waals surface area (Å²) in [6, 6.07) is 0.318. The van der Waals surface area contributed by atoms with Gasteiger partial charge in [0.1, 0.15) is 0 Å². The lowest BCUT2D eigenvalue weighted by Gasteiger charge is -2.34. The van der Waals surface area contributed by atoms with Gasteiger partial charge in [-0.25, -0.2) is 8.42 Å². The van der Waals surface area contributed by atoms with Crippen molar-refractivity contribution in [3.8, 4) is 0 Å². The van der Waals surface area contributed by atoms with Crippen molar-refractivity contribution in [3.63, 3.8) is 0 Å². The number of halogens is 1. The van der Waals surface area contributed by atoms with Crippen LogP contribution in [0.2, 0.25) is 0 Å². The fourth-order valence-corrected chi connectivity index (χ4v) is 4.32. The van der Waals surface area contributed by atoms with E-state index in [0.29, 0.717) is 38.1 Å². The molecular formula is C18H38IN3O3S. The zero-order valence-electron chi connectivity index (χ0n) is 16.8. The highest BCUT2D eigenvalue weighted by Crippen LogP contribution is 2.29. The molecule has 156 valence electrons. The van der Waals surface area contributed by atoms with Crippen molar-refractivity contribution in [2.45, 2.75) is 76.5 Å². The van der Waals surface area contributed by atoms with Gasteiger partial charge in [0.05, 0.1) is 11.3 Å². The SMILES string of the molecule is CCCCCCC(C)NC(=NCC1(S(C)(=O)=O)CCOCC1)NCC.I. The number of aliphatic imine (C=N–C) groups is 1.